The predicted molar refractivity (Wildman–Crippen MR) is 65.4 cm³/mol. The SMILES string of the molecule is Cc1ccnc(N(C)CC(=O)N(C)C)c1N. The zero-order chi connectivity index (χ0) is 12.3. The maximum Gasteiger partial charge on any atom is 0.241 e. The molecule has 0 bridgehead atoms. The van der Waals surface area contributed by atoms with Gasteiger partial charge in [-0.05, 0) is 18.6 Å². The number of hydrogen-bond acceptors (Lipinski definition) is 4. The Morgan fingerprint density at radius 1 is 1.44 bits per heavy atom. The van der Waals surface area contributed by atoms with Gasteiger partial charge in [-0.15, -0.1) is 0 Å². The molecule has 0 saturated carbocycles. The van der Waals surface area contributed by atoms with Gasteiger partial charge in [-0.3, -0.25) is 4.79 Å². The van der Waals surface area contributed by atoms with Gasteiger partial charge in [-0.1, -0.05) is 0 Å². The molecule has 0 aliphatic rings. The molecule has 0 fully saturated rings. The topological polar surface area (TPSA) is 62.5 Å². The maximum absolute atomic E-state index is 11.5. The van der Waals surface area contributed by atoms with Crippen molar-refractivity contribution in [2.75, 3.05) is 38.3 Å². The fourth-order valence-corrected chi connectivity index (χ4v) is 1.28. The molecule has 5 heteroatoms. The van der Waals surface area contributed by atoms with Gasteiger partial charge in [0.25, 0.3) is 0 Å². The molecular weight excluding hydrogens is 204 g/mol. The predicted octanol–water partition coefficient (Wildman–Crippen LogP) is 0.497. The Morgan fingerprint density at radius 3 is 2.62 bits per heavy atom. The van der Waals surface area contributed by atoms with Crippen LogP contribution >= 0.6 is 0 Å². The van der Waals surface area contributed by atoms with Gasteiger partial charge < -0.3 is 15.5 Å². The summed E-state index contributed by atoms with van der Waals surface area (Å²) in [6, 6.07) is 1.85. The summed E-state index contributed by atoms with van der Waals surface area (Å²) >= 11 is 0. The van der Waals surface area contributed by atoms with Gasteiger partial charge in [-0.2, -0.15) is 0 Å². The number of hydrogen-bond donors (Lipinski definition) is 1. The average molecular weight is 222 g/mol. The smallest absolute Gasteiger partial charge is 0.241 e. The molecule has 2 N–H and O–H groups in total. The van der Waals surface area contributed by atoms with Crippen LogP contribution in [0.2, 0.25) is 0 Å². The van der Waals surface area contributed by atoms with Gasteiger partial charge in [-0.25, -0.2) is 4.98 Å². The molecule has 0 aliphatic heterocycles. The number of anilines is 2. The van der Waals surface area contributed by atoms with Crippen molar-refractivity contribution in [2.45, 2.75) is 6.92 Å². The van der Waals surface area contributed by atoms with Crippen LogP contribution in [0.5, 0.6) is 0 Å². The molecule has 1 amide bonds. The van der Waals surface area contributed by atoms with Crippen molar-refractivity contribution in [3.05, 3.63) is 17.8 Å². The number of pyridine rings is 1. The number of amides is 1. The lowest BCUT2D eigenvalue weighted by Gasteiger charge is -2.21. The summed E-state index contributed by atoms with van der Waals surface area (Å²) in [7, 11) is 5.26. The molecule has 16 heavy (non-hydrogen) atoms. The molecular formula is C11H18N4O. The minimum absolute atomic E-state index is 0.0187. The number of nitrogens with zero attached hydrogens (tertiary/aromatic N) is 3. The first-order chi connectivity index (χ1) is 7.43. The van der Waals surface area contributed by atoms with Crippen molar-refractivity contribution in [3.63, 3.8) is 0 Å². The van der Waals surface area contributed by atoms with Gasteiger partial charge in [0.05, 0.1) is 12.2 Å². The van der Waals surface area contributed by atoms with E-state index in [2.05, 4.69) is 4.98 Å². The van der Waals surface area contributed by atoms with Crippen LogP contribution in [0.15, 0.2) is 12.3 Å². The van der Waals surface area contributed by atoms with Crippen molar-refractivity contribution in [3.8, 4) is 0 Å². The Morgan fingerprint density at radius 2 is 2.06 bits per heavy atom. The van der Waals surface area contributed by atoms with Crippen LogP contribution < -0.4 is 10.6 Å². The molecule has 0 radical (unpaired) electrons. The van der Waals surface area contributed by atoms with Gasteiger partial charge >= 0.3 is 0 Å². The molecule has 1 aromatic heterocycles. The lowest BCUT2D eigenvalue weighted by Crippen LogP contribution is -2.35. The molecule has 1 aromatic rings. The molecule has 0 aliphatic carbocycles. The van der Waals surface area contributed by atoms with E-state index in [1.807, 2.05) is 13.0 Å². The number of aromatic nitrogens is 1. The molecule has 88 valence electrons. The van der Waals surface area contributed by atoms with Gasteiger partial charge in [0, 0.05) is 27.3 Å². The first kappa shape index (κ1) is 12.3. The van der Waals surface area contributed by atoms with Crippen molar-refractivity contribution < 1.29 is 4.79 Å². The molecule has 0 atom stereocenters. The summed E-state index contributed by atoms with van der Waals surface area (Å²) in [5, 5.41) is 0. The third-order valence-corrected chi connectivity index (χ3v) is 2.42. The van der Waals surface area contributed by atoms with Crippen LogP contribution in [0.4, 0.5) is 11.5 Å². The van der Waals surface area contributed by atoms with Crippen molar-refractivity contribution in [2.24, 2.45) is 0 Å². The fraction of sp³-hybridized carbons (Fsp3) is 0.455. The van der Waals surface area contributed by atoms with E-state index >= 15 is 0 Å². The van der Waals surface area contributed by atoms with Crippen LogP contribution in [0.1, 0.15) is 5.56 Å². The van der Waals surface area contributed by atoms with E-state index < -0.39 is 0 Å². The third kappa shape index (κ3) is 2.62. The Hall–Kier alpha value is -1.78. The molecule has 0 aromatic carbocycles. The minimum Gasteiger partial charge on any atom is -0.396 e. The number of nitrogen functional groups attached to an aromatic ring is 1. The highest BCUT2D eigenvalue weighted by Gasteiger charge is 2.13. The fourth-order valence-electron chi connectivity index (χ4n) is 1.28. The monoisotopic (exact) mass is 222 g/mol. The van der Waals surface area contributed by atoms with E-state index in [4.69, 9.17) is 5.73 Å². The van der Waals surface area contributed by atoms with Crippen molar-refractivity contribution >= 4 is 17.4 Å². The first-order valence-corrected chi connectivity index (χ1v) is 5.06. The van der Waals surface area contributed by atoms with E-state index in [1.165, 1.54) is 0 Å². The highest BCUT2D eigenvalue weighted by Crippen LogP contribution is 2.21. The van der Waals surface area contributed by atoms with Crippen LogP contribution in [-0.4, -0.2) is 43.5 Å². The lowest BCUT2D eigenvalue weighted by molar-refractivity contribution is -0.127. The number of rotatable bonds is 3. The Kier molecular flexibility index (Phi) is 3.71. The summed E-state index contributed by atoms with van der Waals surface area (Å²) < 4.78 is 0. The van der Waals surface area contributed by atoms with Crippen LogP contribution in [0.25, 0.3) is 0 Å². The minimum atomic E-state index is 0.0187. The maximum atomic E-state index is 11.5. The molecule has 0 saturated heterocycles. The summed E-state index contributed by atoms with van der Waals surface area (Å²) in [6.07, 6.45) is 1.69. The number of carbonyl (C=O) groups excluding carboxylic acids is 1. The summed E-state index contributed by atoms with van der Waals surface area (Å²) in [5.74, 6) is 0.667. The normalized spacial score (nSPS) is 10.0. The number of nitrogens with two attached hydrogens (primary N) is 1. The van der Waals surface area contributed by atoms with Crippen LogP contribution in [-0.2, 0) is 4.79 Å². The van der Waals surface area contributed by atoms with Gasteiger partial charge in [0.15, 0.2) is 5.82 Å². The summed E-state index contributed by atoms with van der Waals surface area (Å²) in [6.45, 7) is 2.19. The average Bonchev–Trinajstić information content (AvgIpc) is 2.21. The Labute approximate surface area is 95.9 Å². The highest BCUT2D eigenvalue weighted by atomic mass is 16.2. The van der Waals surface area contributed by atoms with Crippen LogP contribution in [0, 0.1) is 6.92 Å². The lowest BCUT2D eigenvalue weighted by atomic mass is 10.2. The number of carbonyl (C=O) groups is 1. The zero-order valence-corrected chi connectivity index (χ0v) is 10.2. The zero-order valence-electron chi connectivity index (χ0n) is 10.2. The summed E-state index contributed by atoms with van der Waals surface area (Å²) in [4.78, 5) is 19.0. The molecule has 0 unspecified atom stereocenters. The largest absolute Gasteiger partial charge is 0.396 e. The molecule has 1 heterocycles. The summed E-state index contributed by atoms with van der Waals surface area (Å²) in [5.41, 5.74) is 7.49. The van der Waals surface area contributed by atoms with E-state index in [-0.39, 0.29) is 12.5 Å². The van der Waals surface area contributed by atoms with Crippen molar-refractivity contribution in [1.82, 2.24) is 9.88 Å². The molecule has 1 rings (SSSR count). The van der Waals surface area contributed by atoms with Crippen molar-refractivity contribution in [1.29, 1.82) is 0 Å². The van der Waals surface area contributed by atoms with Gasteiger partial charge in [0.1, 0.15) is 0 Å². The number of aryl methyl sites for hydroxylation is 1. The second-order valence-corrected chi connectivity index (χ2v) is 4.01. The van der Waals surface area contributed by atoms with E-state index in [1.54, 1.807) is 37.1 Å². The Bertz CT molecular complexity index is 390. The van der Waals surface area contributed by atoms with E-state index in [0.717, 1.165) is 5.56 Å². The Balaban J connectivity index is 2.85. The molecule has 0 spiro atoms. The standard InChI is InChI=1S/C11H18N4O/c1-8-5-6-13-11(10(8)12)15(4)7-9(16)14(2)3/h5-6H,7,12H2,1-4H3. The molecule has 5 nitrogen and oxygen atoms in total. The third-order valence-electron chi connectivity index (χ3n) is 2.42. The highest BCUT2D eigenvalue weighted by molar-refractivity contribution is 5.82. The van der Waals surface area contributed by atoms with Crippen LogP contribution in [0.3, 0.4) is 0 Å². The number of likely N-dealkylation sites (N-methyl/N-ethyl adjacent to an activating group) is 2. The second-order valence-electron chi connectivity index (χ2n) is 4.01. The van der Waals surface area contributed by atoms with E-state index in [9.17, 15) is 4.79 Å². The van der Waals surface area contributed by atoms with Gasteiger partial charge in [0.2, 0.25) is 5.91 Å². The first-order valence-electron chi connectivity index (χ1n) is 5.06. The van der Waals surface area contributed by atoms with E-state index in [0.29, 0.717) is 11.5 Å². The quantitative estimate of drug-likeness (QED) is 0.808. The second kappa shape index (κ2) is 4.83.